The first-order chi connectivity index (χ1) is 16.2. The van der Waals surface area contributed by atoms with Crippen LogP contribution in [0, 0.1) is 0 Å². The van der Waals surface area contributed by atoms with Gasteiger partial charge < -0.3 is 9.47 Å². The molecular weight excluding hydrogens is 476 g/mol. The van der Waals surface area contributed by atoms with Crippen molar-refractivity contribution in [1.82, 2.24) is 5.01 Å². The second-order valence-electron chi connectivity index (χ2n) is 8.64. The van der Waals surface area contributed by atoms with Gasteiger partial charge in [-0.3, -0.25) is 0 Å². The Kier molecular flexibility index (Phi) is 6.68. The van der Waals surface area contributed by atoms with Gasteiger partial charge in [0.1, 0.15) is 11.5 Å². The first-order valence-electron chi connectivity index (χ1n) is 11.8. The highest BCUT2D eigenvalue weighted by molar-refractivity contribution is 9.10. The summed E-state index contributed by atoms with van der Waals surface area (Å²) in [4.78, 5) is 0. The Hall–Kier alpha value is -2.79. The third-order valence-corrected chi connectivity index (χ3v) is 6.78. The number of unbranched alkanes of at least 4 members (excludes halogenated alkanes) is 3. The quantitative estimate of drug-likeness (QED) is 0.295. The molecule has 0 amide bonds. The van der Waals surface area contributed by atoms with Crippen molar-refractivity contribution in [3.05, 3.63) is 94.0 Å². The van der Waals surface area contributed by atoms with Gasteiger partial charge in [-0.25, -0.2) is 5.01 Å². The van der Waals surface area contributed by atoms with Gasteiger partial charge in [-0.1, -0.05) is 72.4 Å². The lowest BCUT2D eigenvalue weighted by atomic mass is 9.96. The number of hydrazone groups is 1. The van der Waals surface area contributed by atoms with E-state index in [1.54, 1.807) is 0 Å². The van der Waals surface area contributed by atoms with E-state index in [0.29, 0.717) is 0 Å². The Balaban J connectivity index is 1.39. The number of rotatable bonds is 8. The van der Waals surface area contributed by atoms with E-state index in [2.05, 4.69) is 76.4 Å². The van der Waals surface area contributed by atoms with Crippen LogP contribution in [0.5, 0.6) is 11.5 Å². The van der Waals surface area contributed by atoms with Crippen LogP contribution in [0.1, 0.15) is 68.0 Å². The van der Waals surface area contributed by atoms with Crippen LogP contribution in [-0.4, -0.2) is 17.3 Å². The zero-order valence-corrected chi connectivity index (χ0v) is 20.5. The van der Waals surface area contributed by atoms with Crippen molar-refractivity contribution in [1.29, 1.82) is 0 Å². The summed E-state index contributed by atoms with van der Waals surface area (Å²) in [6.45, 7) is 2.99. The molecule has 0 bridgehead atoms. The standard InChI is InChI=1S/C28H29BrN2O2/c1-2-3-4-8-17-32-23-14-11-21(12-15-23)28-31-26(24-18-22(29)13-16-27(24)33-28)19-25(30-31)20-9-6-5-7-10-20/h5-7,9-16,18,26,28H,2-4,8,17,19H2,1H3/t26-,28-/m0/s1. The van der Waals surface area contributed by atoms with Crippen LogP contribution in [0.3, 0.4) is 0 Å². The summed E-state index contributed by atoms with van der Waals surface area (Å²) in [5.41, 5.74) is 4.50. The summed E-state index contributed by atoms with van der Waals surface area (Å²) in [7, 11) is 0. The highest BCUT2D eigenvalue weighted by atomic mass is 79.9. The minimum Gasteiger partial charge on any atom is -0.494 e. The Labute approximate surface area is 204 Å². The highest BCUT2D eigenvalue weighted by Crippen LogP contribution is 2.48. The molecule has 0 unspecified atom stereocenters. The van der Waals surface area contributed by atoms with Gasteiger partial charge in [-0.2, -0.15) is 5.10 Å². The molecule has 170 valence electrons. The number of nitrogens with zero attached hydrogens (tertiary/aromatic N) is 2. The molecule has 3 aromatic rings. The predicted molar refractivity (Wildman–Crippen MR) is 136 cm³/mol. The molecule has 2 aliphatic heterocycles. The maximum absolute atomic E-state index is 6.49. The number of hydrogen-bond donors (Lipinski definition) is 0. The molecule has 2 aliphatic rings. The van der Waals surface area contributed by atoms with Gasteiger partial charge in [0.2, 0.25) is 6.23 Å². The Bertz CT molecular complexity index is 1110. The average Bonchev–Trinajstić information content (AvgIpc) is 3.31. The molecule has 3 aromatic carbocycles. The van der Waals surface area contributed by atoms with Crippen molar-refractivity contribution in [2.24, 2.45) is 5.10 Å². The molecule has 33 heavy (non-hydrogen) atoms. The topological polar surface area (TPSA) is 34.1 Å². The third-order valence-electron chi connectivity index (χ3n) is 6.29. The molecule has 2 heterocycles. The third kappa shape index (κ3) is 4.79. The van der Waals surface area contributed by atoms with Crippen LogP contribution in [0.2, 0.25) is 0 Å². The Morgan fingerprint density at radius 3 is 2.61 bits per heavy atom. The minimum atomic E-state index is -0.275. The number of benzene rings is 3. The van der Waals surface area contributed by atoms with Gasteiger partial charge in [-0.05, 0) is 54.4 Å². The molecule has 0 aromatic heterocycles. The van der Waals surface area contributed by atoms with Gasteiger partial charge in [0, 0.05) is 22.0 Å². The van der Waals surface area contributed by atoms with E-state index in [1.807, 2.05) is 24.3 Å². The van der Waals surface area contributed by atoms with Gasteiger partial charge in [0.15, 0.2) is 0 Å². The highest BCUT2D eigenvalue weighted by Gasteiger charge is 2.41. The number of ether oxygens (including phenoxy) is 2. The summed E-state index contributed by atoms with van der Waals surface area (Å²) in [6, 6.07) is 25.1. The largest absolute Gasteiger partial charge is 0.494 e. The SMILES string of the molecule is CCCCCCOc1ccc([C@@H]2Oc3ccc(Br)cc3[C@@H]3CC(c4ccccc4)=NN32)cc1. The lowest BCUT2D eigenvalue weighted by Gasteiger charge is -2.38. The van der Waals surface area contributed by atoms with E-state index in [-0.39, 0.29) is 12.3 Å². The average molecular weight is 505 g/mol. The van der Waals surface area contributed by atoms with E-state index in [4.69, 9.17) is 14.6 Å². The first-order valence-corrected chi connectivity index (χ1v) is 12.6. The molecule has 0 N–H and O–H groups in total. The van der Waals surface area contributed by atoms with Crippen LogP contribution >= 0.6 is 15.9 Å². The van der Waals surface area contributed by atoms with Crippen LogP contribution in [0.15, 0.2) is 82.4 Å². The monoisotopic (exact) mass is 504 g/mol. The van der Waals surface area contributed by atoms with Crippen molar-refractivity contribution >= 4 is 21.6 Å². The van der Waals surface area contributed by atoms with Crippen molar-refractivity contribution in [3.63, 3.8) is 0 Å². The second kappa shape index (κ2) is 10.0. The summed E-state index contributed by atoms with van der Waals surface area (Å²) in [6.07, 6.45) is 5.40. The maximum atomic E-state index is 6.49. The van der Waals surface area contributed by atoms with E-state index in [1.165, 1.54) is 24.8 Å². The number of hydrogen-bond acceptors (Lipinski definition) is 4. The fourth-order valence-corrected chi connectivity index (χ4v) is 4.91. The molecule has 0 fully saturated rings. The van der Waals surface area contributed by atoms with Gasteiger partial charge in [0.25, 0.3) is 0 Å². The predicted octanol–water partition coefficient (Wildman–Crippen LogP) is 7.65. The molecule has 0 aliphatic carbocycles. The fourth-order valence-electron chi connectivity index (χ4n) is 4.53. The van der Waals surface area contributed by atoms with E-state index in [9.17, 15) is 0 Å². The van der Waals surface area contributed by atoms with E-state index < -0.39 is 0 Å². The van der Waals surface area contributed by atoms with E-state index in [0.717, 1.165) is 52.3 Å². The van der Waals surface area contributed by atoms with Gasteiger partial charge >= 0.3 is 0 Å². The summed E-state index contributed by atoms with van der Waals surface area (Å²) in [5.74, 6) is 1.83. The van der Waals surface area contributed by atoms with Crippen LogP contribution in [-0.2, 0) is 0 Å². The summed E-state index contributed by atoms with van der Waals surface area (Å²) >= 11 is 3.62. The Morgan fingerprint density at radius 2 is 1.82 bits per heavy atom. The normalized spacial score (nSPS) is 18.8. The zero-order valence-electron chi connectivity index (χ0n) is 18.9. The molecular formula is C28H29BrN2O2. The van der Waals surface area contributed by atoms with E-state index >= 15 is 0 Å². The molecule has 4 nitrogen and oxygen atoms in total. The number of halogens is 1. The van der Waals surface area contributed by atoms with Crippen LogP contribution in [0.4, 0.5) is 0 Å². The lowest BCUT2D eigenvalue weighted by molar-refractivity contribution is -0.0191. The minimum absolute atomic E-state index is 0.140. The number of fused-ring (bicyclic) bond motifs is 3. The van der Waals surface area contributed by atoms with Gasteiger partial charge in [0.05, 0.1) is 18.4 Å². The fraction of sp³-hybridized carbons (Fsp3) is 0.321. The smallest absolute Gasteiger partial charge is 0.213 e. The van der Waals surface area contributed by atoms with Crippen molar-refractivity contribution in [2.75, 3.05) is 6.61 Å². The van der Waals surface area contributed by atoms with Crippen LogP contribution < -0.4 is 9.47 Å². The molecule has 5 heteroatoms. The van der Waals surface area contributed by atoms with Crippen LogP contribution in [0.25, 0.3) is 0 Å². The Morgan fingerprint density at radius 1 is 1.00 bits per heavy atom. The zero-order chi connectivity index (χ0) is 22.6. The maximum Gasteiger partial charge on any atom is 0.213 e. The molecule has 2 atom stereocenters. The molecule has 0 spiro atoms. The molecule has 0 saturated heterocycles. The molecule has 5 rings (SSSR count). The summed E-state index contributed by atoms with van der Waals surface area (Å²) in [5, 5.41) is 7.17. The lowest BCUT2D eigenvalue weighted by Crippen LogP contribution is -2.33. The molecule has 0 radical (unpaired) electrons. The molecule has 0 saturated carbocycles. The first kappa shape index (κ1) is 22.0. The van der Waals surface area contributed by atoms with Gasteiger partial charge in [-0.15, -0.1) is 0 Å². The second-order valence-corrected chi connectivity index (χ2v) is 9.56. The van der Waals surface area contributed by atoms with Crippen molar-refractivity contribution < 1.29 is 9.47 Å². The van der Waals surface area contributed by atoms with Crippen molar-refractivity contribution in [2.45, 2.75) is 51.3 Å². The van der Waals surface area contributed by atoms with Crippen molar-refractivity contribution in [3.8, 4) is 11.5 Å². The summed E-state index contributed by atoms with van der Waals surface area (Å²) < 4.78 is 13.5.